The van der Waals surface area contributed by atoms with E-state index in [0.717, 1.165) is 30.6 Å². The van der Waals surface area contributed by atoms with Gasteiger partial charge >= 0.3 is 6.09 Å². The maximum absolute atomic E-state index is 13.5. The summed E-state index contributed by atoms with van der Waals surface area (Å²) < 4.78 is 18.7. The molecule has 2 aliphatic rings. The number of hydrogen-bond acceptors (Lipinski definition) is 5. The van der Waals surface area contributed by atoms with Crippen molar-refractivity contribution in [3.05, 3.63) is 29.6 Å². The third-order valence-corrected chi connectivity index (χ3v) is 5.60. The summed E-state index contributed by atoms with van der Waals surface area (Å²) in [6, 6.07) is 4.41. The predicted octanol–water partition coefficient (Wildman–Crippen LogP) is 4.15. The average molecular weight is 366 g/mol. The first-order chi connectivity index (χ1) is 11.7. The monoisotopic (exact) mass is 366 g/mol. The number of amidine groups is 1. The molecular formula is C18H23FN2O3S. The van der Waals surface area contributed by atoms with E-state index in [9.17, 15) is 14.3 Å². The molecule has 5 nitrogen and oxygen atoms in total. The maximum Gasteiger partial charge on any atom is 0.413 e. The molecule has 136 valence electrons. The number of carbonyl (C=O) groups excluding carboxylic acids is 1. The molecule has 1 saturated carbocycles. The number of alkyl carbamates (subject to hydrolysis) is 1. The molecule has 1 aromatic rings. The van der Waals surface area contributed by atoms with Gasteiger partial charge in [-0.2, -0.15) is 0 Å². The summed E-state index contributed by atoms with van der Waals surface area (Å²) in [4.78, 5) is 16.9. The second kappa shape index (κ2) is 6.52. The van der Waals surface area contributed by atoms with Gasteiger partial charge in [0.15, 0.2) is 16.7 Å². The number of carbonyl (C=O) groups is 1. The molecule has 1 aliphatic heterocycles. The summed E-state index contributed by atoms with van der Waals surface area (Å²) in [5, 5.41) is 13.0. The van der Waals surface area contributed by atoms with E-state index in [1.807, 2.05) is 0 Å². The Hall–Kier alpha value is -1.76. The highest BCUT2D eigenvalue weighted by Gasteiger charge is 2.47. The molecule has 0 radical (unpaired) electrons. The molecule has 1 fully saturated rings. The van der Waals surface area contributed by atoms with Crippen molar-refractivity contribution in [3.8, 4) is 5.75 Å². The van der Waals surface area contributed by atoms with E-state index in [4.69, 9.17) is 9.73 Å². The highest BCUT2D eigenvalue weighted by molar-refractivity contribution is 8.13. The van der Waals surface area contributed by atoms with E-state index < -0.39 is 23.1 Å². The van der Waals surface area contributed by atoms with Gasteiger partial charge in [0.1, 0.15) is 5.60 Å². The number of nitrogens with zero attached hydrogens (tertiary/aromatic N) is 1. The van der Waals surface area contributed by atoms with Crippen LogP contribution in [0.2, 0.25) is 0 Å². The molecule has 1 aliphatic carbocycles. The first kappa shape index (κ1) is 18.0. The number of amides is 1. The Morgan fingerprint density at radius 2 is 2.24 bits per heavy atom. The molecule has 0 bridgehead atoms. The number of nitrogens with one attached hydrogen (secondary N) is 1. The van der Waals surface area contributed by atoms with Crippen LogP contribution >= 0.6 is 11.8 Å². The summed E-state index contributed by atoms with van der Waals surface area (Å²) >= 11 is 1.50. The van der Waals surface area contributed by atoms with E-state index in [1.165, 1.54) is 23.9 Å². The van der Waals surface area contributed by atoms with Crippen LogP contribution in [-0.4, -0.2) is 27.7 Å². The van der Waals surface area contributed by atoms with Crippen LogP contribution in [0.25, 0.3) is 0 Å². The van der Waals surface area contributed by atoms with Gasteiger partial charge in [-0.3, -0.25) is 10.3 Å². The van der Waals surface area contributed by atoms with Gasteiger partial charge in [-0.15, -0.1) is 0 Å². The number of halogens is 1. The van der Waals surface area contributed by atoms with Crippen molar-refractivity contribution in [2.45, 2.75) is 51.2 Å². The lowest BCUT2D eigenvalue weighted by Gasteiger charge is -2.36. The minimum Gasteiger partial charge on any atom is -0.505 e. The minimum atomic E-state index is -0.643. The lowest BCUT2D eigenvalue weighted by Crippen LogP contribution is -2.41. The van der Waals surface area contributed by atoms with Crippen molar-refractivity contribution in [2.75, 3.05) is 5.75 Å². The fourth-order valence-corrected chi connectivity index (χ4v) is 4.69. The highest BCUT2D eigenvalue weighted by atomic mass is 32.2. The van der Waals surface area contributed by atoms with Crippen LogP contribution in [0.1, 0.15) is 45.6 Å². The lowest BCUT2D eigenvalue weighted by molar-refractivity contribution is 0.0564. The highest BCUT2D eigenvalue weighted by Crippen LogP contribution is 2.51. The molecule has 3 rings (SSSR count). The van der Waals surface area contributed by atoms with Gasteiger partial charge in [0.2, 0.25) is 0 Å². The summed E-state index contributed by atoms with van der Waals surface area (Å²) in [7, 11) is 0. The molecular weight excluding hydrogens is 343 g/mol. The fourth-order valence-electron chi connectivity index (χ4n) is 3.50. The van der Waals surface area contributed by atoms with Gasteiger partial charge in [0.05, 0.1) is 5.54 Å². The maximum atomic E-state index is 13.5. The van der Waals surface area contributed by atoms with Gasteiger partial charge in [-0.05, 0) is 57.2 Å². The summed E-state index contributed by atoms with van der Waals surface area (Å²) in [5.41, 5.74) is -0.321. The molecule has 2 N–H and O–H groups in total. The third-order valence-electron chi connectivity index (χ3n) is 4.56. The van der Waals surface area contributed by atoms with Crippen LogP contribution in [0.5, 0.6) is 5.75 Å². The first-order valence-corrected chi connectivity index (χ1v) is 9.40. The summed E-state index contributed by atoms with van der Waals surface area (Å²) in [5.74, 6) is 0.0994. The first-order valence-electron chi connectivity index (χ1n) is 8.41. The van der Waals surface area contributed by atoms with E-state index in [0.29, 0.717) is 11.1 Å². The van der Waals surface area contributed by atoms with Crippen LogP contribution in [0.15, 0.2) is 23.2 Å². The Morgan fingerprint density at radius 1 is 1.48 bits per heavy atom. The minimum absolute atomic E-state index is 0.298. The Kier molecular flexibility index (Phi) is 4.70. The van der Waals surface area contributed by atoms with Gasteiger partial charge in [-0.1, -0.05) is 24.2 Å². The predicted molar refractivity (Wildman–Crippen MR) is 96.3 cm³/mol. The van der Waals surface area contributed by atoms with Crippen molar-refractivity contribution in [1.82, 2.24) is 5.32 Å². The SMILES string of the molecule is CC(C)(C)OC(=O)NC1=N[C@@]2(c3ccc(F)c(O)c3)CCC[C@H]2CS1. The molecule has 1 aromatic carbocycles. The average Bonchev–Trinajstić information content (AvgIpc) is 2.92. The number of aliphatic imine (C=N–C) groups is 1. The Morgan fingerprint density at radius 3 is 2.92 bits per heavy atom. The van der Waals surface area contributed by atoms with Gasteiger partial charge in [-0.25, -0.2) is 9.18 Å². The van der Waals surface area contributed by atoms with Gasteiger partial charge in [0, 0.05) is 5.75 Å². The second-order valence-corrected chi connectivity index (χ2v) is 8.54. The molecule has 2 atom stereocenters. The standard InChI is InChI=1S/C18H23FN2O3S/c1-17(2,3)24-16(23)20-15-21-18(8-4-5-12(18)10-25-15)11-6-7-13(19)14(22)9-11/h6-7,9,12,22H,4-5,8,10H2,1-3H3,(H,20,21,23)/t12-,18+/m0/s1. The number of fused-ring (bicyclic) bond motifs is 1. The zero-order valence-electron chi connectivity index (χ0n) is 14.6. The molecule has 7 heteroatoms. The van der Waals surface area contributed by atoms with E-state index >= 15 is 0 Å². The number of phenols is 1. The smallest absolute Gasteiger partial charge is 0.413 e. The zero-order valence-corrected chi connectivity index (χ0v) is 15.5. The molecule has 0 spiro atoms. The summed E-state index contributed by atoms with van der Waals surface area (Å²) in [6.07, 6.45) is 2.30. The van der Waals surface area contributed by atoms with Gasteiger partial charge in [0.25, 0.3) is 0 Å². The molecule has 25 heavy (non-hydrogen) atoms. The lowest BCUT2D eigenvalue weighted by atomic mass is 9.81. The Labute approximate surface area is 151 Å². The topological polar surface area (TPSA) is 70.9 Å². The second-order valence-electron chi connectivity index (χ2n) is 7.53. The number of phenolic OH excluding ortho intramolecular Hbond substituents is 1. The van der Waals surface area contributed by atoms with Gasteiger partial charge < -0.3 is 9.84 Å². The molecule has 0 aromatic heterocycles. The van der Waals surface area contributed by atoms with E-state index in [-0.39, 0.29) is 5.75 Å². The largest absolute Gasteiger partial charge is 0.505 e. The number of benzene rings is 1. The van der Waals surface area contributed by atoms with E-state index in [1.54, 1.807) is 26.8 Å². The number of rotatable bonds is 1. The fraction of sp³-hybridized carbons (Fsp3) is 0.556. The van der Waals surface area contributed by atoms with Crippen LogP contribution in [0, 0.1) is 11.7 Å². The zero-order chi connectivity index (χ0) is 18.2. The number of aromatic hydroxyl groups is 1. The number of ether oxygens (including phenoxy) is 1. The van der Waals surface area contributed by atoms with Crippen molar-refractivity contribution >= 4 is 23.0 Å². The van der Waals surface area contributed by atoms with Crippen molar-refractivity contribution in [2.24, 2.45) is 10.9 Å². The van der Waals surface area contributed by atoms with Crippen LogP contribution in [-0.2, 0) is 10.3 Å². The molecule has 0 unspecified atom stereocenters. The van der Waals surface area contributed by atoms with Crippen LogP contribution in [0.3, 0.4) is 0 Å². The quantitative estimate of drug-likeness (QED) is 0.783. The van der Waals surface area contributed by atoms with Crippen molar-refractivity contribution in [3.63, 3.8) is 0 Å². The van der Waals surface area contributed by atoms with Crippen LogP contribution < -0.4 is 5.32 Å². The Bertz CT molecular complexity index is 717. The molecule has 1 heterocycles. The number of hydrogen-bond donors (Lipinski definition) is 2. The van der Waals surface area contributed by atoms with Crippen molar-refractivity contribution < 1.29 is 19.0 Å². The molecule has 1 amide bonds. The number of thioether (sulfide) groups is 1. The normalized spacial score (nSPS) is 25.9. The van der Waals surface area contributed by atoms with Crippen LogP contribution in [0.4, 0.5) is 9.18 Å². The summed E-state index contributed by atoms with van der Waals surface area (Å²) in [6.45, 7) is 5.41. The third kappa shape index (κ3) is 3.76. The van der Waals surface area contributed by atoms with E-state index in [2.05, 4.69) is 5.32 Å². The Balaban J connectivity index is 1.89. The molecule has 0 saturated heterocycles. The van der Waals surface area contributed by atoms with Crippen molar-refractivity contribution in [1.29, 1.82) is 0 Å².